The second-order valence-corrected chi connectivity index (χ2v) is 4.42. The van der Waals surface area contributed by atoms with Gasteiger partial charge in [0.25, 0.3) is 6.43 Å². The van der Waals surface area contributed by atoms with E-state index in [-0.39, 0.29) is 16.0 Å². The Kier molecular flexibility index (Phi) is 3.62. The largest absolute Gasteiger partial charge is 0.433 e. The third-order valence-corrected chi connectivity index (χ3v) is 2.95. The molecule has 1 aromatic heterocycles. The summed E-state index contributed by atoms with van der Waals surface area (Å²) < 4.78 is 62.0. The highest BCUT2D eigenvalue weighted by Gasteiger charge is 2.36. The van der Waals surface area contributed by atoms with Crippen LogP contribution in [0.1, 0.15) is 17.7 Å². The van der Waals surface area contributed by atoms with Gasteiger partial charge in [0.1, 0.15) is 10.4 Å². The first kappa shape index (κ1) is 14.0. The number of rotatable bonds is 2. The van der Waals surface area contributed by atoms with Gasteiger partial charge >= 0.3 is 6.18 Å². The number of nitrogens with one attached hydrogen (secondary N) is 1. The van der Waals surface area contributed by atoms with Crippen LogP contribution >= 0.6 is 15.9 Å². The fourth-order valence-electron chi connectivity index (χ4n) is 1.46. The van der Waals surface area contributed by atoms with Crippen LogP contribution in [-0.2, 0) is 6.18 Å². The summed E-state index contributed by atoms with van der Waals surface area (Å²) in [6.07, 6.45) is -7.18. The Labute approximate surface area is 112 Å². The molecule has 102 valence electrons. The number of nitrogens with zero attached hydrogens (tertiary/aromatic N) is 1. The highest BCUT2D eigenvalue weighted by molar-refractivity contribution is 9.10. The van der Waals surface area contributed by atoms with Gasteiger partial charge in [0.05, 0.1) is 0 Å². The molecule has 0 saturated heterocycles. The van der Waals surface area contributed by atoms with Gasteiger partial charge in [-0.2, -0.15) is 13.2 Å². The number of hydrogen-bond donors (Lipinski definition) is 1. The minimum atomic E-state index is -4.56. The van der Waals surface area contributed by atoms with Crippen LogP contribution in [0.4, 0.5) is 22.0 Å². The molecule has 8 heteroatoms. The second kappa shape index (κ2) is 4.92. The molecule has 0 spiro atoms. The quantitative estimate of drug-likeness (QED) is 0.782. The lowest BCUT2D eigenvalue weighted by molar-refractivity contribution is -0.141. The van der Waals surface area contributed by atoms with Gasteiger partial charge < -0.3 is 4.98 Å². The Morgan fingerprint density at radius 3 is 2.11 bits per heavy atom. The topological polar surface area (TPSA) is 28.7 Å². The van der Waals surface area contributed by atoms with Gasteiger partial charge in [0, 0.05) is 11.1 Å². The van der Waals surface area contributed by atoms with Gasteiger partial charge in [-0.25, -0.2) is 13.8 Å². The van der Waals surface area contributed by atoms with E-state index in [0.29, 0.717) is 5.56 Å². The van der Waals surface area contributed by atoms with Crippen molar-refractivity contribution < 1.29 is 22.0 Å². The van der Waals surface area contributed by atoms with Crippen molar-refractivity contribution in [1.29, 1.82) is 0 Å². The first-order valence-electron chi connectivity index (χ1n) is 5.00. The zero-order chi connectivity index (χ0) is 14.2. The third kappa shape index (κ3) is 2.94. The molecule has 2 nitrogen and oxygen atoms in total. The summed E-state index contributed by atoms with van der Waals surface area (Å²) in [5.74, 6) is -0.0417. The molecule has 0 unspecified atom stereocenters. The number of aromatic amines is 1. The molecule has 0 bridgehead atoms. The molecule has 1 heterocycles. The smallest absolute Gasteiger partial charge is 0.333 e. The van der Waals surface area contributed by atoms with Crippen molar-refractivity contribution in [3.63, 3.8) is 0 Å². The zero-order valence-electron chi connectivity index (χ0n) is 9.10. The predicted molar refractivity (Wildman–Crippen MR) is 61.7 cm³/mol. The van der Waals surface area contributed by atoms with Gasteiger partial charge in [-0.05, 0) is 15.9 Å². The average molecular weight is 341 g/mol. The van der Waals surface area contributed by atoms with E-state index in [0.717, 1.165) is 12.1 Å². The van der Waals surface area contributed by atoms with Crippen molar-refractivity contribution in [2.75, 3.05) is 0 Å². The molecule has 0 radical (unpaired) electrons. The molecular formula is C11H6BrF5N2. The maximum absolute atomic E-state index is 12.5. The van der Waals surface area contributed by atoms with E-state index in [1.54, 1.807) is 0 Å². The number of halogens is 6. The number of alkyl halides is 5. The fraction of sp³-hybridized carbons (Fsp3) is 0.182. The standard InChI is InChI=1S/C11H6BrF5N2/c12-8-7(11(15,16)17)18-10(19-8)6-3-1-5(2-4-6)9(13)14/h1-4,9H,(H,18,19). The average Bonchev–Trinajstić information content (AvgIpc) is 2.71. The first-order chi connectivity index (χ1) is 8.79. The van der Waals surface area contributed by atoms with Crippen LogP contribution in [0.2, 0.25) is 0 Å². The monoisotopic (exact) mass is 340 g/mol. The van der Waals surface area contributed by atoms with Gasteiger partial charge in [-0.15, -0.1) is 0 Å². The summed E-state index contributed by atoms with van der Waals surface area (Å²) in [6.45, 7) is 0. The summed E-state index contributed by atoms with van der Waals surface area (Å²) in [4.78, 5) is 5.79. The maximum atomic E-state index is 12.5. The molecule has 1 aromatic carbocycles. The molecule has 1 N–H and O–H groups in total. The summed E-state index contributed by atoms with van der Waals surface area (Å²) in [7, 11) is 0. The van der Waals surface area contributed by atoms with Crippen molar-refractivity contribution in [3.05, 3.63) is 40.1 Å². The van der Waals surface area contributed by atoms with Gasteiger partial charge in [-0.3, -0.25) is 0 Å². The van der Waals surface area contributed by atoms with E-state index in [1.807, 2.05) is 0 Å². The van der Waals surface area contributed by atoms with Gasteiger partial charge in [0.15, 0.2) is 5.69 Å². The van der Waals surface area contributed by atoms with Gasteiger partial charge in [-0.1, -0.05) is 24.3 Å². The highest BCUT2D eigenvalue weighted by atomic mass is 79.9. The summed E-state index contributed by atoms with van der Waals surface area (Å²) in [6, 6.07) is 4.85. The van der Waals surface area contributed by atoms with E-state index >= 15 is 0 Å². The molecule has 0 fully saturated rings. The summed E-state index contributed by atoms with van der Waals surface area (Å²) in [5, 5.41) is 0. The lowest BCUT2D eigenvalue weighted by Crippen LogP contribution is -2.06. The fourth-order valence-corrected chi connectivity index (χ4v) is 1.96. The molecule has 0 amide bonds. The van der Waals surface area contributed by atoms with Crippen molar-refractivity contribution in [2.24, 2.45) is 0 Å². The SMILES string of the molecule is FC(F)c1ccc(-c2nc(Br)c(C(F)(F)F)[nH]2)cc1. The minimum Gasteiger partial charge on any atom is -0.333 e. The second-order valence-electron chi connectivity index (χ2n) is 3.67. The van der Waals surface area contributed by atoms with E-state index in [2.05, 4.69) is 25.9 Å². The maximum Gasteiger partial charge on any atom is 0.433 e. The molecule has 0 aliphatic carbocycles. The Morgan fingerprint density at radius 1 is 1.11 bits per heavy atom. The number of hydrogen-bond acceptors (Lipinski definition) is 1. The number of imidazole rings is 1. The lowest BCUT2D eigenvalue weighted by Gasteiger charge is -2.03. The van der Waals surface area contributed by atoms with Crippen LogP contribution in [0.5, 0.6) is 0 Å². The van der Waals surface area contributed by atoms with Crippen LogP contribution in [0, 0.1) is 0 Å². The van der Waals surface area contributed by atoms with E-state index in [1.165, 1.54) is 12.1 Å². The third-order valence-electron chi connectivity index (χ3n) is 2.38. The van der Waals surface area contributed by atoms with Crippen LogP contribution in [0.3, 0.4) is 0 Å². The predicted octanol–water partition coefficient (Wildman–Crippen LogP) is 4.80. The molecule has 0 aliphatic rings. The highest BCUT2D eigenvalue weighted by Crippen LogP contribution is 2.35. The molecule has 2 rings (SSSR count). The van der Waals surface area contributed by atoms with Crippen molar-refractivity contribution in [2.45, 2.75) is 12.6 Å². The van der Waals surface area contributed by atoms with Crippen molar-refractivity contribution >= 4 is 15.9 Å². The number of H-pyrrole nitrogens is 1. The Bertz CT molecular complexity index is 574. The molecule has 0 saturated carbocycles. The van der Waals surface area contributed by atoms with E-state index in [9.17, 15) is 22.0 Å². The van der Waals surface area contributed by atoms with Crippen LogP contribution in [0.15, 0.2) is 28.9 Å². The van der Waals surface area contributed by atoms with E-state index < -0.39 is 18.3 Å². The van der Waals surface area contributed by atoms with Crippen molar-refractivity contribution in [3.8, 4) is 11.4 Å². The molecular weight excluding hydrogens is 335 g/mol. The summed E-state index contributed by atoms with van der Waals surface area (Å²) in [5.41, 5.74) is -0.925. The van der Waals surface area contributed by atoms with Gasteiger partial charge in [0.2, 0.25) is 0 Å². The normalized spacial score (nSPS) is 12.2. The van der Waals surface area contributed by atoms with Crippen LogP contribution in [0.25, 0.3) is 11.4 Å². The molecule has 0 atom stereocenters. The summed E-state index contributed by atoms with van der Waals surface area (Å²) >= 11 is 2.71. The van der Waals surface area contributed by atoms with Crippen LogP contribution in [-0.4, -0.2) is 9.97 Å². The number of aromatic nitrogens is 2. The molecule has 0 aliphatic heterocycles. The zero-order valence-corrected chi connectivity index (χ0v) is 10.7. The Morgan fingerprint density at radius 2 is 1.68 bits per heavy atom. The molecule has 19 heavy (non-hydrogen) atoms. The Balaban J connectivity index is 2.37. The lowest BCUT2D eigenvalue weighted by atomic mass is 10.1. The van der Waals surface area contributed by atoms with Crippen LogP contribution < -0.4 is 0 Å². The molecule has 2 aromatic rings. The Hall–Kier alpha value is -1.44. The minimum absolute atomic E-state index is 0.0417. The number of benzene rings is 1. The van der Waals surface area contributed by atoms with Crippen molar-refractivity contribution in [1.82, 2.24) is 9.97 Å². The first-order valence-corrected chi connectivity index (χ1v) is 5.79. The van der Waals surface area contributed by atoms with E-state index in [4.69, 9.17) is 0 Å².